The maximum atomic E-state index is 12.8. The van der Waals surface area contributed by atoms with Crippen molar-refractivity contribution in [3.8, 4) is 0 Å². The third kappa shape index (κ3) is 2.68. The minimum Gasteiger partial charge on any atom is -0.378 e. The van der Waals surface area contributed by atoms with Crippen LogP contribution < -0.4 is 5.32 Å². The number of nitrogens with one attached hydrogen (secondary N) is 1. The maximum Gasteiger partial charge on any atom is 0.322 e. The van der Waals surface area contributed by atoms with Gasteiger partial charge in [0.05, 0.1) is 18.9 Å². The summed E-state index contributed by atoms with van der Waals surface area (Å²) in [5.41, 5.74) is 0.753. The summed E-state index contributed by atoms with van der Waals surface area (Å²) < 4.78 is 6.87. The Morgan fingerprint density at radius 3 is 2.68 bits per heavy atom. The molecular weight excluding hydrogens is 322 g/mol. The first-order valence-corrected chi connectivity index (χ1v) is 8.98. The van der Waals surface area contributed by atoms with Crippen LogP contribution in [0.1, 0.15) is 36.7 Å². The maximum absolute atomic E-state index is 12.8. The van der Waals surface area contributed by atoms with Crippen LogP contribution in [0.25, 0.3) is 0 Å². The van der Waals surface area contributed by atoms with Crippen molar-refractivity contribution in [3.05, 3.63) is 11.9 Å². The normalized spacial score (nSPS) is 28.5. The summed E-state index contributed by atoms with van der Waals surface area (Å²) in [4.78, 5) is 29.2. The number of nitrogens with zero attached hydrogens (tertiary/aromatic N) is 4. The third-order valence-corrected chi connectivity index (χ3v) is 6.01. The fourth-order valence-electron chi connectivity index (χ4n) is 4.29. The highest BCUT2D eigenvalue weighted by Crippen LogP contribution is 2.49. The van der Waals surface area contributed by atoms with Crippen LogP contribution in [-0.4, -0.2) is 69.9 Å². The molecule has 3 amide bonds. The van der Waals surface area contributed by atoms with E-state index in [9.17, 15) is 9.59 Å². The van der Waals surface area contributed by atoms with Crippen LogP contribution in [0.5, 0.6) is 0 Å². The number of likely N-dealkylation sites (tertiary alicyclic amines) is 1. The fraction of sp³-hybridized carbons (Fsp3) is 0.706. The number of carbonyl (C=O) groups is 2. The molecule has 136 valence electrons. The van der Waals surface area contributed by atoms with E-state index >= 15 is 0 Å². The molecule has 25 heavy (non-hydrogen) atoms. The van der Waals surface area contributed by atoms with Gasteiger partial charge in [-0.2, -0.15) is 5.10 Å². The number of hydrogen-bond donors (Lipinski definition) is 1. The topological polar surface area (TPSA) is 79.7 Å². The van der Waals surface area contributed by atoms with Gasteiger partial charge in [-0.25, -0.2) is 4.79 Å². The number of hydrogen-bond acceptors (Lipinski definition) is 4. The zero-order valence-corrected chi connectivity index (χ0v) is 14.8. The molecule has 0 aromatic carbocycles. The van der Waals surface area contributed by atoms with Crippen LogP contribution in [0.4, 0.5) is 10.5 Å². The Kier molecular flexibility index (Phi) is 3.94. The number of ether oxygens (including phenoxy) is 1. The minimum absolute atomic E-state index is 0.0271. The molecule has 8 nitrogen and oxygen atoms in total. The number of rotatable bonds is 2. The second-order valence-corrected chi connectivity index (χ2v) is 7.43. The summed E-state index contributed by atoms with van der Waals surface area (Å²) in [5, 5.41) is 7.21. The van der Waals surface area contributed by atoms with Crippen molar-refractivity contribution in [1.82, 2.24) is 19.6 Å². The van der Waals surface area contributed by atoms with Gasteiger partial charge < -0.3 is 19.9 Å². The molecule has 2 saturated heterocycles. The zero-order valence-electron chi connectivity index (χ0n) is 14.8. The van der Waals surface area contributed by atoms with E-state index in [1.165, 1.54) is 6.42 Å². The molecule has 3 aliphatic rings. The molecule has 4 rings (SSSR count). The number of aromatic nitrogens is 2. The van der Waals surface area contributed by atoms with Crippen molar-refractivity contribution < 1.29 is 14.3 Å². The third-order valence-electron chi connectivity index (χ3n) is 6.01. The number of amides is 3. The number of morpholine rings is 1. The van der Waals surface area contributed by atoms with Gasteiger partial charge in [-0.05, 0) is 32.1 Å². The molecule has 1 saturated carbocycles. The molecule has 0 unspecified atom stereocenters. The number of aryl methyl sites for hydroxylation is 1. The smallest absolute Gasteiger partial charge is 0.322 e. The highest BCUT2D eigenvalue weighted by molar-refractivity contribution is 6.02. The van der Waals surface area contributed by atoms with E-state index in [0.717, 1.165) is 19.4 Å². The van der Waals surface area contributed by atoms with Crippen LogP contribution in [0.15, 0.2) is 6.20 Å². The summed E-state index contributed by atoms with van der Waals surface area (Å²) in [6.07, 6.45) is 5.02. The first-order chi connectivity index (χ1) is 12.0. The lowest BCUT2D eigenvalue weighted by molar-refractivity contribution is 0.0299. The van der Waals surface area contributed by atoms with Gasteiger partial charge in [0.25, 0.3) is 5.91 Å². The first kappa shape index (κ1) is 16.4. The number of anilines is 1. The second-order valence-electron chi connectivity index (χ2n) is 7.43. The molecule has 2 aliphatic heterocycles. The number of urea groups is 1. The standard InChI is InChI=1S/C17H25N5O3/c1-17-5-3-12(17)4-6-22(17)16(24)18-13-11-20(2)19-14(13)15(23)21-7-9-25-10-8-21/h11-12H,3-10H2,1-2H3,(H,18,24)/t12-,17-/m0/s1. The van der Waals surface area contributed by atoms with Crippen molar-refractivity contribution in [2.24, 2.45) is 13.0 Å². The molecule has 1 N–H and O–H groups in total. The first-order valence-electron chi connectivity index (χ1n) is 8.98. The van der Waals surface area contributed by atoms with Crippen LogP contribution in [0, 0.1) is 5.92 Å². The summed E-state index contributed by atoms with van der Waals surface area (Å²) in [5.74, 6) is 0.454. The molecule has 1 aromatic heterocycles. The van der Waals surface area contributed by atoms with Crippen molar-refractivity contribution in [2.45, 2.75) is 31.7 Å². The minimum atomic E-state index is -0.159. The van der Waals surface area contributed by atoms with Crippen LogP contribution in [-0.2, 0) is 11.8 Å². The number of fused-ring (bicyclic) bond motifs is 1. The Bertz CT molecular complexity index is 696. The predicted octanol–water partition coefficient (Wildman–Crippen LogP) is 1.30. The van der Waals surface area contributed by atoms with E-state index in [4.69, 9.17) is 4.74 Å². The molecule has 0 bridgehead atoms. The van der Waals surface area contributed by atoms with E-state index in [-0.39, 0.29) is 17.5 Å². The lowest BCUT2D eigenvalue weighted by atomic mass is 9.69. The van der Waals surface area contributed by atoms with Crippen molar-refractivity contribution in [3.63, 3.8) is 0 Å². The molecule has 3 fully saturated rings. The zero-order chi connectivity index (χ0) is 17.6. The van der Waals surface area contributed by atoms with Gasteiger partial charge in [-0.15, -0.1) is 0 Å². The van der Waals surface area contributed by atoms with E-state index in [1.807, 2.05) is 4.90 Å². The van der Waals surface area contributed by atoms with Gasteiger partial charge in [0.2, 0.25) is 0 Å². The lowest BCUT2D eigenvalue weighted by Crippen LogP contribution is -2.55. The number of carbonyl (C=O) groups excluding carboxylic acids is 2. The van der Waals surface area contributed by atoms with E-state index in [2.05, 4.69) is 17.3 Å². The molecule has 8 heteroatoms. The highest BCUT2D eigenvalue weighted by Gasteiger charge is 2.53. The summed E-state index contributed by atoms with van der Waals surface area (Å²) >= 11 is 0. The lowest BCUT2D eigenvalue weighted by Gasteiger charge is -2.47. The summed E-state index contributed by atoms with van der Waals surface area (Å²) in [7, 11) is 1.75. The van der Waals surface area contributed by atoms with Gasteiger partial charge in [-0.3, -0.25) is 9.48 Å². The Labute approximate surface area is 147 Å². The second kappa shape index (κ2) is 6.01. The van der Waals surface area contributed by atoms with Crippen LogP contribution >= 0.6 is 0 Å². The van der Waals surface area contributed by atoms with Gasteiger partial charge in [-0.1, -0.05) is 0 Å². The van der Waals surface area contributed by atoms with Crippen molar-refractivity contribution >= 4 is 17.6 Å². The summed E-state index contributed by atoms with van der Waals surface area (Å²) in [6, 6.07) is -0.131. The molecule has 1 aliphatic carbocycles. The van der Waals surface area contributed by atoms with E-state index in [1.54, 1.807) is 22.8 Å². The highest BCUT2D eigenvalue weighted by atomic mass is 16.5. The quantitative estimate of drug-likeness (QED) is 0.874. The van der Waals surface area contributed by atoms with Crippen molar-refractivity contribution in [1.29, 1.82) is 0 Å². The molecule has 0 radical (unpaired) electrons. The Balaban J connectivity index is 1.51. The van der Waals surface area contributed by atoms with Gasteiger partial charge in [0, 0.05) is 38.4 Å². The monoisotopic (exact) mass is 347 g/mol. The largest absolute Gasteiger partial charge is 0.378 e. The molecule has 0 spiro atoms. The molecular formula is C17H25N5O3. The summed E-state index contributed by atoms with van der Waals surface area (Å²) in [6.45, 7) is 5.11. The Morgan fingerprint density at radius 2 is 2.04 bits per heavy atom. The van der Waals surface area contributed by atoms with Gasteiger partial charge >= 0.3 is 6.03 Å². The molecule has 3 heterocycles. The van der Waals surface area contributed by atoms with E-state index in [0.29, 0.717) is 43.6 Å². The fourth-order valence-corrected chi connectivity index (χ4v) is 4.29. The van der Waals surface area contributed by atoms with E-state index < -0.39 is 0 Å². The van der Waals surface area contributed by atoms with Crippen LogP contribution in [0.3, 0.4) is 0 Å². The van der Waals surface area contributed by atoms with Gasteiger partial charge in [0.15, 0.2) is 5.69 Å². The molecule has 1 aromatic rings. The predicted molar refractivity (Wildman–Crippen MR) is 91.4 cm³/mol. The molecule has 2 atom stereocenters. The Hall–Kier alpha value is -2.09. The average Bonchev–Trinajstić information content (AvgIpc) is 3.07. The van der Waals surface area contributed by atoms with Gasteiger partial charge in [0.1, 0.15) is 0 Å². The average molecular weight is 347 g/mol. The van der Waals surface area contributed by atoms with Crippen molar-refractivity contribution in [2.75, 3.05) is 38.2 Å². The van der Waals surface area contributed by atoms with Crippen LogP contribution in [0.2, 0.25) is 0 Å². The Morgan fingerprint density at radius 1 is 1.28 bits per heavy atom. The SMILES string of the molecule is Cn1cc(NC(=O)N2CC[C@@H]3CC[C@@]32C)c(C(=O)N2CCOCC2)n1.